The van der Waals surface area contributed by atoms with Crippen molar-refractivity contribution in [3.8, 4) is 0 Å². The molecule has 6 heteroatoms. The zero-order valence-electron chi connectivity index (χ0n) is 11.8. The van der Waals surface area contributed by atoms with E-state index in [0.29, 0.717) is 24.7 Å². The Balaban J connectivity index is 1.52. The van der Waals surface area contributed by atoms with Crippen LogP contribution in [0.4, 0.5) is 0 Å². The number of nitrogens with zero attached hydrogens (tertiary/aromatic N) is 3. The van der Waals surface area contributed by atoms with Crippen molar-refractivity contribution in [3.05, 3.63) is 34.9 Å². The minimum Gasteiger partial charge on any atom is -0.349 e. The van der Waals surface area contributed by atoms with Gasteiger partial charge in [-0.05, 0) is 38.8 Å². The van der Waals surface area contributed by atoms with Crippen molar-refractivity contribution >= 4 is 5.91 Å². The van der Waals surface area contributed by atoms with E-state index in [1.807, 2.05) is 30.7 Å². The van der Waals surface area contributed by atoms with Gasteiger partial charge in [-0.25, -0.2) is 0 Å². The van der Waals surface area contributed by atoms with E-state index in [9.17, 15) is 4.79 Å². The van der Waals surface area contributed by atoms with Crippen molar-refractivity contribution in [3.63, 3.8) is 0 Å². The molecule has 0 unspecified atom stereocenters. The molecular weight excluding hydrogens is 254 g/mol. The van der Waals surface area contributed by atoms with Crippen LogP contribution in [0, 0.1) is 13.8 Å². The molecule has 2 heterocycles. The maximum Gasteiger partial charge on any atom is 0.271 e. The van der Waals surface area contributed by atoms with Crippen LogP contribution in [0.3, 0.4) is 0 Å². The Morgan fingerprint density at radius 2 is 2.25 bits per heavy atom. The highest BCUT2D eigenvalue weighted by molar-refractivity contribution is 5.92. The molecule has 3 rings (SSSR count). The van der Waals surface area contributed by atoms with E-state index in [1.54, 1.807) is 0 Å². The maximum atomic E-state index is 12.0. The largest absolute Gasteiger partial charge is 0.349 e. The Bertz CT molecular complexity index is 623. The van der Waals surface area contributed by atoms with Gasteiger partial charge in [0, 0.05) is 23.9 Å². The molecule has 0 aliphatic heterocycles. The first-order valence-corrected chi connectivity index (χ1v) is 6.98. The average Bonchev–Trinajstić information content (AvgIpc) is 3.05. The lowest BCUT2D eigenvalue weighted by Crippen LogP contribution is -2.28. The molecule has 106 valence electrons. The number of rotatable bonds is 5. The summed E-state index contributed by atoms with van der Waals surface area (Å²) in [7, 11) is 0. The smallest absolute Gasteiger partial charge is 0.271 e. The van der Waals surface area contributed by atoms with Gasteiger partial charge >= 0.3 is 0 Å². The third kappa shape index (κ3) is 2.74. The predicted molar refractivity (Wildman–Crippen MR) is 74.6 cm³/mol. The van der Waals surface area contributed by atoms with Gasteiger partial charge < -0.3 is 5.32 Å². The number of hydrogen-bond donors (Lipinski definition) is 2. The number of amides is 1. The zero-order valence-corrected chi connectivity index (χ0v) is 11.8. The number of H-pyrrole nitrogens is 1. The summed E-state index contributed by atoms with van der Waals surface area (Å²) in [5, 5.41) is 14.2. The SMILES string of the molecule is Cc1cc(C)n(CCNC(=O)c2cc(C3CC3)[nH]n2)n1. The minimum absolute atomic E-state index is 0.130. The van der Waals surface area contributed by atoms with E-state index in [4.69, 9.17) is 0 Å². The van der Waals surface area contributed by atoms with Crippen LogP contribution in [0.2, 0.25) is 0 Å². The molecule has 2 aromatic heterocycles. The first kappa shape index (κ1) is 12.9. The molecule has 0 radical (unpaired) electrons. The van der Waals surface area contributed by atoms with E-state index in [0.717, 1.165) is 17.1 Å². The van der Waals surface area contributed by atoms with E-state index in [1.165, 1.54) is 12.8 Å². The summed E-state index contributed by atoms with van der Waals surface area (Å²) in [6, 6.07) is 3.88. The molecule has 6 nitrogen and oxygen atoms in total. The summed E-state index contributed by atoms with van der Waals surface area (Å²) in [4.78, 5) is 12.0. The Labute approximate surface area is 117 Å². The fraction of sp³-hybridized carbons (Fsp3) is 0.500. The second-order valence-corrected chi connectivity index (χ2v) is 5.39. The van der Waals surface area contributed by atoms with Crippen LogP contribution in [0.1, 0.15) is 46.3 Å². The molecule has 0 bridgehead atoms. The summed E-state index contributed by atoms with van der Waals surface area (Å²) in [5.74, 6) is 0.452. The number of aromatic amines is 1. The first-order chi connectivity index (χ1) is 9.63. The summed E-state index contributed by atoms with van der Waals surface area (Å²) in [6.45, 7) is 5.19. The number of aryl methyl sites for hydroxylation is 2. The molecule has 0 saturated heterocycles. The fourth-order valence-corrected chi connectivity index (χ4v) is 2.32. The lowest BCUT2D eigenvalue weighted by atomic mass is 10.2. The van der Waals surface area contributed by atoms with Crippen LogP contribution in [0.15, 0.2) is 12.1 Å². The number of nitrogens with one attached hydrogen (secondary N) is 2. The lowest BCUT2D eigenvalue weighted by Gasteiger charge is -2.05. The van der Waals surface area contributed by atoms with Crippen molar-refractivity contribution < 1.29 is 4.79 Å². The van der Waals surface area contributed by atoms with Crippen molar-refractivity contribution in [2.24, 2.45) is 0 Å². The van der Waals surface area contributed by atoms with E-state index in [2.05, 4.69) is 20.6 Å². The van der Waals surface area contributed by atoms with Gasteiger partial charge in [0.15, 0.2) is 0 Å². The topological polar surface area (TPSA) is 75.6 Å². The monoisotopic (exact) mass is 273 g/mol. The minimum atomic E-state index is -0.130. The molecule has 1 fully saturated rings. The van der Waals surface area contributed by atoms with Crippen molar-refractivity contribution in [1.29, 1.82) is 0 Å². The van der Waals surface area contributed by atoms with Gasteiger partial charge in [0.05, 0.1) is 12.2 Å². The molecule has 1 saturated carbocycles. The van der Waals surface area contributed by atoms with Gasteiger partial charge in [0.2, 0.25) is 0 Å². The number of aromatic nitrogens is 4. The summed E-state index contributed by atoms with van der Waals surface area (Å²) >= 11 is 0. The van der Waals surface area contributed by atoms with Gasteiger partial charge in [-0.15, -0.1) is 0 Å². The first-order valence-electron chi connectivity index (χ1n) is 6.98. The Hall–Kier alpha value is -2.11. The number of carbonyl (C=O) groups excluding carboxylic acids is 1. The van der Waals surface area contributed by atoms with Crippen LogP contribution >= 0.6 is 0 Å². The van der Waals surface area contributed by atoms with E-state index >= 15 is 0 Å². The van der Waals surface area contributed by atoms with Crippen molar-refractivity contribution in [2.45, 2.75) is 39.2 Å². The number of carbonyl (C=O) groups is 1. The highest BCUT2D eigenvalue weighted by Crippen LogP contribution is 2.38. The van der Waals surface area contributed by atoms with Gasteiger partial charge in [0.1, 0.15) is 5.69 Å². The Morgan fingerprint density at radius 1 is 1.45 bits per heavy atom. The second-order valence-electron chi connectivity index (χ2n) is 5.39. The third-order valence-electron chi connectivity index (χ3n) is 3.56. The lowest BCUT2D eigenvalue weighted by molar-refractivity contribution is 0.0947. The molecule has 20 heavy (non-hydrogen) atoms. The van der Waals surface area contributed by atoms with Crippen LogP contribution in [0.25, 0.3) is 0 Å². The molecule has 2 aromatic rings. The average molecular weight is 273 g/mol. The normalized spacial score (nSPS) is 14.5. The standard InChI is InChI=1S/C14H19N5O/c1-9-7-10(2)19(18-9)6-5-15-14(20)13-8-12(16-17-13)11-3-4-11/h7-8,11H,3-6H2,1-2H3,(H,15,20)(H,16,17). The number of hydrogen-bond acceptors (Lipinski definition) is 3. The molecule has 0 aromatic carbocycles. The molecule has 0 atom stereocenters. The van der Waals surface area contributed by atoms with Crippen LogP contribution in [-0.4, -0.2) is 32.4 Å². The second kappa shape index (κ2) is 5.11. The van der Waals surface area contributed by atoms with Gasteiger partial charge in [-0.3, -0.25) is 14.6 Å². The zero-order chi connectivity index (χ0) is 14.1. The molecule has 0 spiro atoms. The molecule has 2 N–H and O–H groups in total. The molecular formula is C14H19N5O. The van der Waals surface area contributed by atoms with E-state index in [-0.39, 0.29) is 5.91 Å². The Kier molecular flexibility index (Phi) is 3.30. The summed E-state index contributed by atoms with van der Waals surface area (Å²) in [6.07, 6.45) is 2.39. The van der Waals surface area contributed by atoms with E-state index < -0.39 is 0 Å². The van der Waals surface area contributed by atoms with Crippen LogP contribution in [-0.2, 0) is 6.54 Å². The molecule has 1 aliphatic rings. The Morgan fingerprint density at radius 3 is 2.90 bits per heavy atom. The highest BCUT2D eigenvalue weighted by atomic mass is 16.1. The fourth-order valence-electron chi connectivity index (χ4n) is 2.32. The van der Waals surface area contributed by atoms with Gasteiger partial charge in [-0.1, -0.05) is 0 Å². The highest BCUT2D eigenvalue weighted by Gasteiger charge is 2.26. The van der Waals surface area contributed by atoms with Crippen molar-refractivity contribution in [1.82, 2.24) is 25.3 Å². The molecule has 1 amide bonds. The van der Waals surface area contributed by atoms with Gasteiger partial charge in [0.25, 0.3) is 5.91 Å². The summed E-state index contributed by atoms with van der Waals surface area (Å²) in [5.41, 5.74) is 3.65. The molecule has 1 aliphatic carbocycles. The quantitative estimate of drug-likeness (QED) is 0.867. The predicted octanol–water partition coefficient (Wildman–Crippen LogP) is 1.53. The van der Waals surface area contributed by atoms with Crippen LogP contribution in [0.5, 0.6) is 0 Å². The maximum absolute atomic E-state index is 12.0. The van der Waals surface area contributed by atoms with Crippen LogP contribution < -0.4 is 5.32 Å². The summed E-state index contributed by atoms with van der Waals surface area (Å²) < 4.78 is 1.90. The third-order valence-corrected chi connectivity index (χ3v) is 3.56. The van der Waals surface area contributed by atoms with Gasteiger partial charge in [-0.2, -0.15) is 10.2 Å². The van der Waals surface area contributed by atoms with Crippen molar-refractivity contribution in [2.75, 3.05) is 6.54 Å².